The Kier molecular flexibility index (Phi) is 7.24. The first-order valence-electron chi connectivity index (χ1n) is 11.6. The zero-order chi connectivity index (χ0) is 18.5. The number of benzene rings is 1. The number of hydrogen-bond acceptors (Lipinski definition) is 0. The average Bonchev–Trinajstić information content (AvgIpc) is 2.64. The molecule has 0 N–H and O–H groups in total. The zero-order valence-electron chi connectivity index (χ0n) is 17.9. The Morgan fingerprint density at radius 3 is 1.85 bits per heavy atom. The van der Waals surface area contributed by atoms with Gasteiger partial charge in [0.05, 0.1) is 0 Å². The van der Waals surface area contributed by atoms with E-state index in [4.69, 9.17) is 0 Å². The number of rotatable bonds is 6. The predicted molar refractivity (Wildman–Crippen MR) is 115 cm³/mol. The standard InChI is InChI=1S/C26H42/c1-19-9-13-25(14-10-19)26-15-11-23(12-16-26)7-5-6-8-24-17-20(2)22(4)21(3)18-24/h17-19,23,25-26H,5-16H2,1-4H3. The van der Waals surface area contributed by atoms with Crippen molar-refractivity contribution in [2.24, 2.45) is 23.7 Å². The molecule has 0 bridgehead atoms. The molecular formula is C26H42. The van der Waals surface area contributed by atoms with Gasteiger partial charge in [-0.2, -0.15) is 0 Å². The van der Waals surface area contributed by atoms with Crippen LogP contribution >= 0.6 is 0 Å². The average molecular weight is 355 g/mol. The van der Waals surface area contributed by atoms with E-state index in [1.54, 1.807) is 18.4 Å². The molecule has 0 radical (unpaired) electrons. The lowest BCUT2D eigenvalue weighted by Gasteiger charge is -2.37. The first kappa shape index (κ1) is 20.0. The summed E-state index contributed by atoms with van der Waals surface area (Å²) < 4.78 is 0. The maximum atomic E-state index is 2.45. The molecule has 0 heterocycles. The second kappa shape index (κ2) is 9.43. The third-order valence-corrected chi connectivity index (χ3v) is 7.93. The van der Waals surface area contributed by atoms with Crippen LogP contribution in [0.25, 0.3) is 0 Å². The summed E-state index contributed by atoms with van der Waals surface area (Å²) in [6, 6.07) is 4.83. The van der Waals surface area contributed by atoms with E-state index in [9.17, 15) is 0 Å². The normalized spacial score (nSPS) is 29.7. The van der Waals surface area contributed by atoms with E-state index in [2.05, 4.69) is 39.8 Å². The van der Waals surface area contributed by atoms with E-state index >= 15 is 0 Å². The minimum absolute atomic E-state index is 1.00. The van der Waals surface area contributed by atoms with Crippen molar-refractivity contribution in [1.82, 2.24) is 0 Å². The van der Waals surface area contributed by atoms with Crippen LogP contribution in [0.1, 0.15) is 99.8 Å². The molecule has 2 aliphatic rings. The fraction of sp³-hybridized carbons (Fsp3) is 0.769. The first-order chi connectivity index (χ1) is 12.5. The molecule has 26 heavy (non-hydrogen) atoms. The highest BCUT2D eigenvalue weighted by Gasteiger charge is 2.29. The highest BCUT2D eigenvalue weighted by Crippen LogP contribution is 2.42. The quantitative estimate of drug-likeness (QED) is 0.454. The summed E-state index contributed by atoms with van der Waals surface area (Å²) >= 11 is 0. The minimum Gasteiger partial charge on any atom is -0.0625 e. The molecule has 2 saturated carbocycles. The maximum Gasteiger partial charge on any atom is -0.0279 e. The van der Waals surface area contributed by atoms with Gasteiger partial charge in [-0.1, -0.05) is 57.6 Å². The molecule has 0 heteroatoms. The topological polar surface area (TPSA) is 0 Å². The molecule has 0 atom stereocenters. The molecule has 2 fully saturated rings. The van der Waals surface area contributed by atoms with Crippen molar-refractivity contribution in [2.45, 2.75) is 105 Å². The Bertz CT molecular complexity index is 530. The van der Waals surface area contributed by atoms with Crippen LogP contribution in [-0.4, -0.2) is 0 Å². The van der Waals surface area contributed by atoms with Crippen molar-refractivity contribution >= 4 is 0 Å². The molecule has 3 rings (SSSR count). The summed E-state index contributed by atoms with van der Waals surface area (Å²) in [6.07, 6.45) is 17.8. The van der Waals surface area contributed by atoms with Gasteiger partial charge in [-0.3, -0.25) is 0 Å². The Balaban J connectivity index is 1.33. The van der Waals surface area contributed by atoms with Crippen LogP contribution in [0, 0.1) is 44.4 Å². The molecule has 0 aromatic heterocycles. The predicted octanol–water partition coefficient (Wildman–Crippen LogP) is 7.96. The molecular weight excluding hydrogens is 312 g/mol. The number of hydrogen-bond donors (Lipinski definition) is 0. The van der Waals surface area contributed by atoms with Crippen molar-refractivity contribution < 1.29 is 0 Å². The van der Waals surface area contributed by atoms with Gasteiger partial charge in [0, 0.05) is 0 Å². The Morgan fingerprint density at radius 1 is 0.731 bits per heavy atom. The summed E-state index contributed by atoms with van der Waals surface area (Å²) in [7, 11) is 0. The molecule has 146 valence electrons. The van der Waals surface area contributed by atoms with E-state index in [-0.39, 0.29) is 0 Å². The van der Waals surface area contributed by atoms with Crippen LogP contribution in [0.5, 0.6) is 0 Å². The third-order valence-electron chi connectivity index (χ3n) is 7.93. The van der Waals surface area contributed by atoms with Gasteiger partial charge in [-0.25, -0.2) is 0 Å². The smallest absolute Gasteiger partial charge is 0.0279 e. The number of unbranched alkanes of at least 4 members (excludes halogenated alkanes) is 1. The summed E-state index contributed by atoms with van der Waals surface area (Å²) in [6.45, 7) is 9.22. The van der Waals surface area contributed by atoms with Gasteiger partial charge in [0.25, 0.3) is 0 Å². The zero-order valence-corrected chi connectivity index (χ0v) is 17.9. The first-order valence-corrected chi connectivity index (χ1v) is 11.6. The lowest BCUT2D eigenvalue weighted by Crippen LogP contribution is -2.25. The number of aryl methyl sites for hydroxylation is 3. The van der Waals surface area contributed by atoms with E-state index in [0.717, 1.165) is 23.7 Å². The fourth-order valence-electron chi connectivity index (χ4n) is 5.74. The Hall–Kier alpha value is -0.780. The third kappa shape index (κ3) is 5.37. The molecule has 1 aromatic rings. The minimum atomic E-state index is 1.00. The lowest BCUT2D eigenvalue weighted by molar-refractivity contribution is 0.146. The summed E-state index contributed by atoms with van der Waals surface area (Å²) in [5, 5.41) is 0. The van der Waals surface area contributed by atoms with Crippen LogP contribution in [-0.2, 0) is 6.42 Å². The highest BCUT2D eigenvalue weighted by atomic mass is 14.3. The van der Waals surface area contributed by atoms with Gasteiger partial charge in [0.2, 0.25) is 0 Å². The molecule has 0 spiro atoms. The van der Waals surface area contributed by atoms with Crippen molar-refractivity contribution in [3.63, 3.8) is 0 Å². The Morgan fingerprint density at radius 2 is 1.27 bits per heavy atom. The largest absolute Gasteiger partial charge is 0.0625 e. The van der Waals surface area contributed by atoms with E-state index in [1.807, 2.05) is 0 Å². The molecule has 0 nitrogen and oxygen atoms in total. The van der Waals surface area contributed by atoms with Crippen LogP contribution in [0.3, 0.4) is 0 Å². The highest BCUT2D eigenvalue weighted by molar-refractivity contribution is 5.36. The summed E-state index contributed by atoms with van der Waals surface area (Å²) in [4.78, 5) is 0. The second-order valence-corrected chi connectivity index (χ2v) is 9.90. The molecule has 0 aliphatic heterocycles. The van der Waals surface area contributed by atoms with Gasteiger partial charge < -0.3 is 0 Å². The van der Waals surface area contributed by atoms with Crippen molar-refractivity contribution in [1.29, 1.82) is 0 Å². The van der Waals surface area contributed by atoms with Gasteiger partial charge in [0.1, 0.15) is 0 Å². The molecule has 0 saturated heterocycles. The monoisotopic (exact) mass is 354 g/mol. The van der Waals surface area contributed by atoms with Crippen LogP contribution in [0.2, 0.25) is 0 Å². The van der Waals surface area contributed by atoms with Crippen molar-refractivity contribution in [3.8, 4) is 0 Å². The lowest BCUT2D eigenvalue weighted by atomic mass is 9.69. The maximum absolute atomic E-state index is 2.45. The molecule has 0 amide bonds. The fourth-order valence-corrected chi connectivity index (χ4v) is 5.74. The van der Waals surface area contributed by atoms with Crippen molar-refractivity contribution in [3.05, 3.63) is 34.4 Å². The van der Waals surface area contributed by atoms with Crippen LogP contribution < -0.4 is 0 Å². The van der Waals surface area contributed by atoms with E-state index in [1.165, 1.54) is 80.9 Å². The summed E-state index contributed by atoms with van der Waals surface area (Å²) in [5.41, 5.74) is 5.96. The molecule has 1 aromatic carbocycles. The second-order valence-electron chi connectivity index (χ2n) is 9.90. The van der Waals surface area contributed by atoms with Gasteiger partial charge in [-0.15, -0.1) is 0 Å². The van der Waals surface area contributed by atoms with Crippen LogP contribution in [0.4, 0.5) is 0 Å². The Labute approximate surface area is 163 Å². The van der Waals surface area contributed by atoms with Crippen molar-refractivity contribution in [2.75, 3.05) is 0 Å². The van der Waals surface area contributed by atoms with Gasteiger partial charge >= 0.3 is 0 Å². The van der Waals surface area contributed by atoms with E-state index < -0.39 is 0 Å². The molecule has 2 aliphatic carbocycles. The van der Waals surface area contributed by atoms with Gasteiger partial charge in [0.15, 0.2) is 0 Å². The summed E-state index contributed by atoms with van der Waals surface area (Å²) in [5.74, 6) is 4.20. The molecule has 0 unspecified atom stereocenters. The van der Waals surface area contributed by atoms with Crippen LogP contribution in [0.15, 0.2) is 12.1 Å². The SMILES string of the molecule is Cc1cc(CCCCC2CCC(C3CCC(C)CC3)CC2)cc(C)c1C. The van der Waals surface area contributed by atoms with E-state index in [0.29, 0.717) is 0 Å². The van der Waals surface area contributed by atoms with Gasteiger partial charge in [-0.05, 0) is 105 Å².